The van der Waals surface area contributed by atoms with Gasteiger partial charge in [-0.05, 0) is 67.8 Å². The van der Waals surface area contributed by atoms with Crippen LogP contribution in [0.1, 0.15) is 60.7 Å². The Kier molecular flexibility index (Phi) is 13.9. The van der Waals surface area contributed by atoms with E-state index in [0.29, 0.717) is 13.0 Å². The monoisotopic (exact) mass is 696 g/mol. The van der Waals surface area contributed by atoms with Crippen molar-refractivity contribution in [2.45, 2.75) is 50.0 Å². The fourth-order valence-corrected chi connectivity index (χ4v) is 5.39. The van der Waals surface area contributed by atoms with Crippen molar-refractivity contribution in [2.75, 3.05) is 26.9 Å². The molecule has 0 spiro atoms. The maximum atomic E-state index is 13.7. The van der Waals surface area contributed by atoms with E-state index in [1.807, 2.05) is 0 Å². The summed E-state index contributed by atoms with van der Waals surface area (Å²) in [6.45, 7) is 0.336. The van der Waals surface area contributed by atoms with Gasteiger partial charge in [-0.2, -0.15) is 0 Å². The van der Waals surface area contributed by atoms with Crippen molar-refractivity contribution in [3.8, 4) is 0 Å². The molecule has 0 saturated carbocycles. The van der Waals surface area contributed by atoms with Crippen molar-refractivity contribution in [3.63, 3.8) is 0 Å². The molecule has 1 aliphatic rings. The van der Waals surface area contributed by atoms with Crippen LogP contribution in [-0.4, -0.2) is 81.5 Å². The van der Waals surface area contributed by atoms with Crippen molar-refractivity contribution in [1.82, 2.24) is 0 Å². The lowest BCUT2D eigenvalue weighted by atomic mass is 9.97. The molecule has 1 heterocycles. The van der Waals surface area contributed by atoms with Gasteiger partial charge in [0.05, 0.1) is 22.3 Å². The largest absolute Gasteiger partial charge is 0.459 e. The second-order valence-corrected chi connectivity index (χ2v) is 11.6. The molecule has 11 nitrogen and oxygen atoms in total. The van der Waals surface area contributed by atoms with E-state index in [9.17, 15) is 19.2 Å². The summed E-state index contributed by atoms with van der Waals surface area (Å²) in [5.74, 6) is -2.95. The molecule has 2 unspecified atom stereocenters. The number of carbonyl (C=O) groups excluding carboxylic acids is 4. The molecular weight excluding hydrogens is 656 g/mol. The molecule has 5 rings (SSSR count). The Labute approximate surface area is 296 Å². The second kappa shape index (κ2) is 19.1. The predicted octanol–water partition coefficient (Wildman–Crippen LogP) is 6.08. The Hall–Kier alpha value is -5.36. The number of carbonyl (C=O) groups is 4. The Balaban J connectivity index is 1.51. The minimum atomic E-state index is -1.47. The molecule has 1 fully saturated rings. The van der Waals surface area contributed by atoms with E-state index in [1.54, 1.807) is 128 Å². The lowest BCUT2D eigenvalue weighted by Gasteiger charge is -2.44. The first-order chi connectivity index (χ1) is 24.9. The van der Waals surface area contributed by atoms with E-state index >= 15 is 0 Å². The van der Waals surface area contributed by atoms with Crippen LogP contribution < -0.4 is 0 Å². The smallest absolute Gasteiger partial charge is 0.338 e. The molecule has 0 aliphatic carbocycles. The SMILES string of the molecule is COCCCCCO[C@@H]1OC(COC(=O)c2ccccc2)[C@H](OC(=O)c2ccccc2)[C@H](OC(=O)c2ccccc2)C1OC(=O)c1ccccc1. The van der Waals surface area contributed by atoms with Crippen LogP contribution in [0.3, 0.4) is 0 Å². The molecule has 266 valence electrons. The number of unbranched alkanes of at least 4 members (excludes halogenated alkanes) is 2. The Morgan fingerprint density at radius 3 is 1.39 bits per heavy atom. The van der Waals surface area contributed by atoms with E-state index in [1.165, 1.54) is 0 Å². The van der Waals surface area contributed by atoms with Crippen LogP contribution in [0.5, 0.6) is 0 Å². The maximum absolute atomic E-state index is 13.7. The lowest BCUT2D eigenvalue weighted by molar-refractivity contribution is -0.298. The first kappa shape index (κ1) is 36.9. The average molecular weight is 697 g/mol. The number of benzene rings is 4. The number of rotatable bonds is 16. The molecule has 1 saturated heterocycles. The van der Waals surface area contributed by atoms with Gasteiger partial charge in [0.1, 0.15) is 12.7 Å². The summed E-state index contributed by atoms with van der Waals surface area (Å²) in [4.78, 5) is 53.8. The van der Waals surface area contributed by atoms with Gasteiger partial charge in [-0.15, -0.1) is 0 Å². The lowest BCUT2D eigenvalue weighted by Crippen LogP contribution is -2.63. The predicted molar refractivity (Wildman–Crippen MR) is 184 cm³/mol. The molecule has 4 aromatic rings. The molecule has 51 heavy (non-hydrogen) atoms. The van der Waals surface area contributed by atoms with Crippen LogP contribution in [-0.2, 0) is 33.2 Å². The molecule has 0 amide bonds. The number of methoxy groups -OCH3 is 1. The minimum absolute atomic E-state index is 0.179. The normalized spacial score (nSPS) is 19.7. The number of ether oxygens (including phenoxy) is 7. The maximum Gasteiger partial charge on any atom is 0.338 e. The Morgan fingerprint density at radius 2 is 0.922 bits per heavy atom. The van der Waals surface area contributed by atoms with Gasteiger partial charge in [-0.1, -0.05) is 72.8 Å². The molecule has 1 aliphatic heterocycles. The zero-order valence-corrected chi connectivity index (χ0v) is 28.2. The number of hydrogen-bond donors (Lipinski definition) is 0. The quantitative estimate of drug-likeness (QED) is 0.0767. The molecule has 0 N–H and O–H groups in total. The zero-order valence-electron chi connectivity index (χ0n) is 28.2. The van der Waals surface area contributed by atoms with E-state index in [-0.39, 0.29) is 28.9 Å². The van der Waals surface area contributed by atoms with Crippen molar-refractivity contribution in [3.05, 3.63) is 144 Å². The Morgan fingerprint density at radius 1 is 0.510 bits per heavy atom. The highest BCUT2D eigenvalue weighted by Crippen LogP contribution is 2.32. The fourth-order valence-electron chi connectivity index (χ4n) is 5.39. The highest BCUT2D eigenvalue weighted by molar-refractivity contribution is 5.91. The zero-order chi connectivity index (χ0) is 35.8. The van der Waals surface area contributed by atoms with E-state index in [0.717, 1.165) is 12.8 Å². The first-order valence-corrected chi connectivity index (χ1v) is 16.7. The summed E-state index contributed by atoms with van der Waals surface area (Å²) in [7, 11) is 1.63. The van der Waals surface area contributed by atoms with Gasteiger partial charge in [0.2, 0.25) is 0 Å². The molecule has 0 bridgehead atoms. The molecular formula is C40H40O11. The third-order valence-corrected chi connectivity index (χ3v) is 8.01. The minimum Gasteiger partial charge on any atom is -0.459 e. The summed E-state index contributed by atoms with van der Waals surface area (Å²) < 4.78 is 41.4. The first-order valence-electron chi connectivity index (χ1n) is 16.7. The van der Waals surface area contributed by atoms with Crippen molar-refractivity contribution >= 4 is 23.9 Å². The third-order valence-electron chi connectivity index (χ3n) is 8.01. The summed E-state index contributed by atoms with van der Waals surface area (Å²) in [6.07, 6.45) is -4.67. The molecule has 5 atom stereocenters. The number of hydrogen-bond acceptors (Lipinski definition) is 11. The summed E-state index contributed by atoms with van der Waals surface area (Å²) >= 11 is 0. The van der Waals surface area contributed by atoms with Crippen molar-refractivity contribution in [1.29, 1.82) is 0 Å². The van der Waals surface area contributed by atoms with Crippen LogP contribution >= 0.6 is 0 Å². The molecule has 0 radical (unpaired) electrons. The van der Waals surface area contributed by atoms with E-state index in [4.69, 9.17) is 33.2 Å². The fraction of sp³-hybridized carbons (Fsp3) is 0.300. The van der Waals surface area contributed by atoms with Gasteiger partial charge in [0.15, 0.2) is 24.6 Å². The topological polar surface area (TPSA) is 133 Å². The van der Waals surface area contributed by atoms with E-state index in [2.05, 4.69) is 0 Å². The van der Waals surface area contributed by atoms with Crippen molar-refractivity contribution in [2.24, 2.45) is 0 Å². The van der Waals surface area contributed by atoms with Gasteiger partial charge >= 0.3 is 23.9 Å². The molecule has 11 heteroatoms. The standard InChI is InChI=1S/C40H40O11/c1-45-25-15-6-16-26-46-40-35(51-39(44)31-23-13-5-14-24-31)34(50-38(43)30-21-11-4-12-22-30)33(49-37(42)29-19-9-3-10-20-29)32(48-40)27-47-36(41)28-17-7-2-8-18-28/h2-5,7-14,17-24,32-35,40H,6,15-16,25-27H2,1H3/t32?,33-,34-,35?,40+/m0/s1. The number of esters is 4. The highest BCUT2D eigenvalue weighted by atomic mass is 16.7. The van der Waals surface area contributed by atoms with E-state index < -0.39 is 61.2 Å². The van der Waals surface area contributed by atoms with Crippen molar-refractivity contribution < 1.29 is 52.3 Å². The third kappa shape index (κ3) is 10.6. The molecule has 4 aromatic carbocycles. The van der Waals surface area contributed by atoms with Crippen LogP contribution in [0.15, 0.2) is 121 Å². The van der Waals surface area contributed by atoms with Crippen LogP contribution in [0, 0.1) is 0 Å². The van der Waals surface area contributed by atoms with Gasteiger partial charge in [0.25, 0.3) is 0 Å². The Bertz CT molecular complexity index is 1680. The molecule has 0 aromatic heterocycles. The van der Waals surface area contributed by atoms with Crippen LogP contribution in [0.2, 0.25) is 0 Å². The van der Waals surface area contributed by atoms with Gasteiger partial charge < -0.3 is 33.2 Å². The summed E-state index contributed by atoms with van der Waals surface area (Å²) in [6, 6.07) is 33.0. The second-order valence-electron chi connectivity index (χ2n) is 11.6. The van der Waals surface area contributed by atoms with Crippen LogP contribution in [0.25, 0.3) is 0 Å². The average Bonchev–Trinajstić information content (AvgIpc) is 3.18. The summed E-state index contributed by atoms with van der Waals surface area (Å²) in [5.41, 5.74) is 0.920. The van der Waals surface area contributed by atoms with Gasteiger partial charge in [-0.25, -0.2) is 19.2 Å². The van der Waals surface area contributed by atoms with Gasteiger partial charge in [-0.3, -0.25) is 0 Å². The highest BCUT2D eigenvalue weighted by Gasteiger charge is 2.53. The van der Waals surface area contributed by atoms with Crippen LogP contribution in [0.4, 0.5) is 0 Å². The van der Waals surface area contributed by atoms with Gasteiger partial charge in [0, 0.05) is 20.3 Å². The summed E-state index contributed by atoms with van der Waals surface area (Å²) in [5, 5.41) is 0.